The second-order valence-corrected chi connectivity index (χ2v) is 12.5. The lowest BCUT2D eigenvalue weighted by atomic mass is 9.46. The number of Topliss-reactive ketones (excluding diaryl/α,β-unsaturated/α-hetero) is 2. The normalized spacial score (nSPS) is 34.7. The molecule has 0 saturated heterocycles. The zero-order valence-corrected chi connectivity index (χ0v) is 23.2. The molecule has 1 aromatic rings. The fraction of sp³-hybridized carbons (Fsp3) is 0.613. The summed E-state index contributed by atoms with van der Waals surface area (Å²) < 4.78 is 5.18. The van der Waals surface area contributed by atoms with Crippen LogP contribution < -0.4 is 5.32 Å². The van der Waals surface area contributed by atoms with Gasteiger partial charge in [0.1, 0.15) is 11.4 Å². The maximum absolute atomic E-state index is 13.7. The maximum atomic E-state index is 13.7. The summed E-state index contributed by atoms with van der Waals surface area (Å²) in [7, 11) is 0. The van der Waals surface area contributed by atoms with Gasteiger partial charge in [-0.05, 0) is 67.6 Å². The van der Waals surface area contributed by atoms with Crippen LogP contribution in [0.1, 0.15) is 77.3 Å². The van der Waals surface area contributed by atoms with Crippen molar-refractivity contribution in [3.8, 4) is 0 Å². The molecular weight excluding hydrogens is 512 g/mol. The number of nitrogens with zero attached hydrogens (tertiary/aromatic N) is 1. The Morgan fingerprint density at radius 1 is 1.10 bits per heavy atom. The third kappa shape index (κ3) is 4.82. The smallest absolute Gasteiger partial charge is 0.306 e. The summed E-state index contributed by atoms with van der Waals surface area (Å²) in [6.45, 7) is 3.59. The molecule has 4 aliphatic rings. The van der Waals surface area contributed by atoms with Crippen molar-refractivity contribution in [2.75, 3.05) is 6.61 Å². The predicted octanol–water partition coefficient (Wildman–Crippen LogP) is 3.03. The zero-order chi connectivity index (χ0) is 28.7. The molecule has 3 fully saturated rings. The number of fused-ring (bicyclic) bond motifs is 5. The van der Waals surface area contributed by atoms with Crippen molar-refractivity contribution in [2.45, 2.75) is 83.8 Å². The van der Waals surface area contributed by atoms with Crippen LogP contribution in [0.3, 0.4) is 0 Å². The SMILES string of the molecule is C[C@]12CCC(=O)C=C1CCC1C2C(=O)C[C@@]2(C)C1CC[C@]2(O)C(=O)COC(=O)CCC(=O)NCc1ccccn1. The number of aliphatic hydroxyl groups is 1. The topological polar surface area (TPSA) is 140 Å². The third-order valence-electron chi connectivity index (χ3n) is 10.4. The molecule has 4 aliphatic carbocycles. The monoisotopic (exact) mass is 550 g/mol. The van der Waals surface area contributed by atoms with Crippen molar-refractivity contribution >= 4 is 29.2 Å². The number of rotatable bonds is 8. The van der Waals surface area contributed by atoms with E-state index in [1.165, 1.54) is 0 Å². The molecule has 40 heavy (non-hydrogen) atoms. The van der Waals surface area contributed by atoms with Gasteiger partial charge in [0, 0.05) is 36.8 Å². The minimum absolute atomic E-state index is 0.0151. The van der Waals surface area contributed by atoms with Crippen LogP contribution in [0.25, 0.3) is 0 Å². The molecule has 0 bridgehead atoms. The van der Waals surface area contributed by atoms with Gasteiger partial charge in [-0.1, -0.05) is 25.5 Å². The molecule has 9 heteroatoms. The van der Waals surface area contributed by atoms with Crippen LogP contribution in [0.15, 0.2) is 36.0 Å². The van der Waals surface area contributed by atoms with Crippen LogP contribution in [0, 0.1) is 28.6 Å². The summed E-state index contributed by atoms with van der Waals surface area (Å²) in [6, 6.07) is 5.37. The molecule has 5 rings (SSSR count). The van der Waals surface area contributed by atoms with Crippen LogP contribution in [0.2, 0.25) is 0 Å². The van der Waals surface area contributed by atoms with Gasteiger partial charge in [-0.2, -0.15) is 0 Å². The first-order valence-corrected chi connectivity index (χ1v) is 14.3. The summed E-state index contributed by atoms with van der Waals surface area (Å²) >= 11 is 0. The van der Waals surface area contributed by atoms with Crippen molar-refractivity contribution in [3.63, 3.8) is 0 Å². The highest BCUT2D eigenvalue weighted by Crippen LogP contribution is 2.66. The van der Waals surface area contributed by atoms with E-state index in [4.69, 9.17) is 4.74 Å². The Morgan fingerprint density at radius 2 is 1.90 bits per heavy atom. The van der Waals surface area contributed by atoms with Crippen LogP contribution in [0.4, 0.5) is 0 Å². The number of nitrogens with one attached hydrogen (secondary N) is 1. The van der Waals surface area contributed by atoms with Crippen molar-refractivity contribution in [2.24, 2.45) is 28.6 Å². The van der Waals surface area contributed by atoms with Crippen LogP contribution in [0.5, 0.6) is 0 Å². The number of ketones is 3. The first-order chi connectivity index (χ1) is 19.0. The number of pyridine rings is 1. The fourth-order valence-corrected chi connectivity index (χ4v) is 8.18. The first-order valence-electron chi connectivity index (χ1n) is 14.3. The molecular formula is C31H38N2O7. The van der Waals surface area contributed by atoms with Crippen molar-refractivity contribution in [1.82, 2.24) is 10.3 Å². The highest BCUT2D eigenvalue weighted by atomic mass is 16.5. The number of hydrogen-bond acceptors (Lipinski definition) is 8. The Kier molecular flexibility index (Phi) is 7.54. The van der Waals surface area contributed by atoms with Gasteiger partial charge in [0.15, 0.2) is 12.4 Å². The van der Waals surface area contributed by atoms with Gasteiger partial charge in [0.05, 0.1) is 18.7 Å². The second-order valence-electron chi connectivity index (χ2n) is 12.5. The fourth-order valence-electron chi connectivity index (χ4n) is 8.18. The lowest BCUT2D eigenvalue weighted by molar-refractivity contribution is -0.173. The lowest BCUT2D eigenvalue weighted by Gasteiger charge is -2.57. The summed E-state index contributed by atoms with van der Waals surface area (Å²) in [5, 5.41) is 14.4. The largest absolute Gasteiger partial charge is 0.458 e. The minimum atomic E-state index is -1.77. The number of amides is 1. The quantitative estimate of drug-likeness (QED) is 0.471. The Labute approximate surface area is 234 Å². The average Bonchev–Trinajstić information content (AvgIpc) is 3.20. The van der Waals surface area contributed by atoms with E-state index in [9.17, 15) is 29.1 Å². The maximum Gasteiger partial charge on any atom is 0.306 e. The Balaban J connectivity index is 1.18. The van der Waals surface area contributed by atoms with Crippen molar-refractivity contribution < 1.29 is 33.8 Å². The van der Waals surface area contributed by atoms with E-state index in [2.05, 4.69) is 17.2 Å². The summed E-state index contributed by atoms with van der Waals surface area (Å²) in [5.74, 6) is -1.64. The molecule has 0 spiro atoms. The molecule has 1 aromatic heterocycles. The van der Waals surface area contributed by atoms with E-state index < -0.39 is 29.4 Å². The van der Waals surface area contributed by atoms with Crippen LogP contribution in [-0.4, -0.2) is 51.5 Å². The van der Waals surface area contributed by atoms with Crippen molar-refractivity contribution in [3.05, 3.63) is 41.7 Å². The van der Waals surface area contributed by atoms with E-state index in [1.54, 1.807) is 24.4 Å². The standard InChI is InChI=1S/C31H38N2O7/c1-29-12-10-21(34)15-19(29)6-7-22-23-11-13-31(39,30(23,2)16-24(35)28(22)29)25(36)18-40-27(38)9-8-26(37)33-17-20-5-3-4-14-32-20/h3-5,14-15,22-23,28,39H,6-13,16-18H2,1-2H3,(H,33,37)/t22?,23?,28?,29-,30-,31-/m0/s1. The number of aromatic nitrogens is 1. The Hall–Kier alpha value is -3.20. The number of ether oxygens (including phenoxy) is 1. The third-order valence-corrected chi connectivity index (χ3v) is 10.4. The average molecular weight is 551 g/mol. The van der Waals surface area contributed by atoms with E-state index in [0.29, 0.717) is 25.0 Å². The molecule has 3 unspecified atom stereocenters. The van der Waals surface area contributed by atoms with Gasteiger partial charge >= 0.3 is 5.97 Å². The van der Waals surface area contributed by atoms with Gasteiger partial charge < -0.3 is 15.2 Å². The zero-order valence-electron chi connectivity index (χ0n) is 23.2. The number of hydrogen-bond donors (Lipinski definition) is 2. The molecule has 3 saturated carbocycles. The summed E-state index contributed by atoms with van der Waals surface area (Å²) in [6.07, 6.45) is 6.61. The number of carbonyl (C=O) groups is 5. The minimum Gasteiger partial charge on any atom is -0.458 e. The molecule has 1 amide bonds. The predicted molar refractivity (Wildman–Crippen MR) is 143 cm³/mol. The van der Waals surface area contributed by atoms with Crippen LogP contribution >= 0.6 is 0 Å². The van der Waals surface area contributed by atoms with Gasteiger partial charge in [-0.15, -0.1) is 0 Å². The second kappa shape index (κ2) is 10.7. The molecule has 0 radical (unpaired) electrons. The Morgan fingerprint density at radius 3 is 2.65 bits per heavy atom. The molecule has 1 heterocycles. The highest BCUT2D eigenvalue weighted by molar-refractivity contribution is 5.95. The highest BCUT2D eigenvalue weighted by Gasteiger charge is 2.68. The van der Waals surface area contributed by atoms with Crippen LogP contribution in [-0.2, 0) is 35.3 Å². The lowest BCUT2D eigenvalue weighted by Crippen LogP contribution is -2.61. The van der Waals surface area contributed by atoms with Gasteiger partial charge in [0.2, 0.25) is 11.7 Å². The molecule has 6 atom stereocenters. The van der Waals surface area contributed by atoms with E-state index in [1.807, 2.05) is 13.0 Å². The number of carbonyl (C=O) groups excluding carboxylic acids is 5. The summed E-state index contributed by atoms with van der Waals surface area (Å²) in [5.41, 5.74) is -1.29. The van der Waals surface area contributed by atoms with Crippen molar-refractivity contribution in [1.29, 1.82) is 0 Å². The number of allylic oxidation sites excluding steroid dienone is 1. The molecule has 214 valence electrons. The van der Waals surface area contributed by atoms with E-state index in [-0.39, 0.29) is 72.9 Å². The van der Waals surface area contributed by atoms with Gasteiger partial charge in [0.25, 0.3) is 0 Å². The Bertz CT molecular complexity index is 1260. The van der Waals surface area contributed by atoms with Gasteiger partial charge in [-0.3, -0.25) is 29.0 Å². The van der Waals surface area contributed by atoms with E-state index >= 15 is 0 Å². The molecule has 2 N–H and O–H groups in total. The number of esters is 1. The van der Waals surface area contributed by atoms with E-state index in [0.717, 1.165) is 18.4 Å². The van der Waals surface area contributed by atoms with Gasteiger partial charge in [-0.25, -0.2) is 0 Å². The molecule has 0 aromatic carbocycles. The summed E-state index contributed by atoms with van der Waals surface area (Å²) in [4.78, 5) is 67.7. The first kappa shape index (κ1) is 28.3. The molecule has 0 aliphatic heterocycles. The molecule has 9 nitrogen and oxygen atoms in total.